The molecule has 3 fully saturated rings. The second-order valence-electron chi connectivity index (χ2n) is 10.3. The van der Waals surface area contributed by atoms with Crippen molar-refractivity contribution in [2.24, 2.45) is 17.8 Å². The van der Waals surface area contributed by atoms with Gasteiger partial charge in [0.15, 0.2) is 9.75 Å². The van der Waals surface area contributed by atoms with E-state index in [4.69, 9.17) is 28.3 Å². The van der Waals surface area contributed by atoms with Gasteiger partial charge in [-0.15, -0.1) is 23.2 Å². The van der Waals surface area contributed by atoms with Crippen molar-refractivity contribution in [2.75, 3.05) is 13.6 Å². The van der Waals surface area contributed by atoms with Crippen LogP contribution in [-0.2, 0) is 24.0 Å². The summed E-state index contributed by atoms with van der Waals surface area (Å²) in [7, 11) is 1.31. The van der Waals surface area contributed by atoms with Crippen molar-refractivity contribution in [1.29, 1.82) is 0 Å². The number of carboxylic acids is 1. The van der Waals surface area contributed by atoms with Crippen molar-refractivity contribution in [3.63, 3.8) is 0 Å². The van der Waals surface area contributed by atoms with Crippen LogP contribution in [0, 0.1) is 24.7 Å². The van der Waals surface area contributed by atoms with E-state index < -0.39 is 57.1 Å². The fourth-order valence-corrected chi connectivity index (χ4v) is 7.69. The first kappa shape index (κ1) is 25.7. The molecule has 4 amide bonds. The van der Waals surface area contributed by atoms with Gasteiger partial charge in [0, 0.05) is 31.5 Å². The monoisotopic (exact) mass is 548 g/mol. The molecule has 1 aromatic rings. The average molecular weight is 549 g/mol. The Hall–Kier alpha value is -2.91. The van der Waals surface area contributed by atoms with E-state index >= 15 is 0 Å². The van der Waals surface area contributed by atoms with E-state index in [2.05, 4.69) is 0 Å². The molecular formula is C26H26Cl2N2O7. The molecule has 1 saturated carbocycles. The topological polar surface area (TPSA) is 132 Å². The molecule has 2 saturated heterocycles. The minimum atomic E-state index is -1.95. The Bertz CT molecular complexity index is 1300. The molecule has 2 N–H and O–H groups in total. The molecule has 196 valence electrons. The third-order valence-corrected chi connectivity index (χ3v) is 9.87. The fraction of sp³-hybridized carbons (Fsp3) is 0.500. The second-order valence-corrected chi connectivity index (χ2v) is 11.6. The number of hydrogen-bond donors (Lipinski definition) is 2. The first-order valence-electron chi connectivity index (χ1n) is 12.1. The Kier molecular flexibility index (Phi) is 5.95. The maximum atomic E-state index is 13.6. The molecule has 0 bridgehead atoms. The van der Waals surface area contributed by atoms with Gasteiger partial charge in [-0.25, -0.2) is 0 Å². The molecule has 9 nitrogen and oxygen atoms in total. The molecule has 2 heterocycles. The summed E-state index contributed by atoms with van der Waals surface area (Å²) in [5.41, 5.74) is 1.45. The number of allylic oxidation sites excluding steroid dienone is 2. The summed E-state index contributed by atoms with van der Waals surface area (Å²) < 4.78 is 0. The lowest BCUT2D eigenvalue weighted by Gasteiger charge is -2.50. The highest BCUT2D eigenvalue weighted by molar-refractivity contribution is 6.53. The van der Waals surface area contributed by atoms with Crippen molar-refractivity contribution in [2.45, 2.75) is 48.3 Å². The molecule has 37 heavy (non-hydrogen) atoms. The van der Waals surface area contributed by atoms with Gasteiger partial charge < -0.3 is 10.2 Å². The van der Waals surface area contributed by atoms with Crippen molar-refractivity contribution in [1.82, 2.24) is 9.80 Å². The lowest BCUT2D eigenvalue weighted by atomic mass is 9.56. The quantitative estimate of drug-likeness (QED) is 0.328. The van der Waals surface area contributed by atoms with E-state index in [1.54, 1.807) is 31.2 Å². The number of alkyl halides is 2. The zero-order chi connectivity index (χ0) is 27.0. The summed E-state index contributed by atoms with van der Waals surface area (Å²) in [5, 5.41) is 20.0. The maximum absolute atomic E-state index is 13.6. The van der Waals surface area contributed by atoms with Crippen LogP contribution in [-0.4, -0.2) is 73.0 Å². The van der Waals surface area contributed by atoms with E-state index in [0.29, 0.717) is 16.7 Å². The van der Waals surface area contributed by atoms with Crippen LogP contribution in [0.25, 0.3) is 0 Å². The normalized spacial score (nSPS) is 34.9. The predicted octanol–water partition coefficient (Wildman–Crippen LogP) is 2.55. The molecule has 2 aliphatic heterocycles. The fourth-order valence-electron chi connectivity index (χ4n) is 6.68. The summed E-state index contributed by atoms with van der Waals surface area (Å²) in [6.45, 7) is 1.67. The van der Waals surface area contributed by atoms with Crippen LogP contribution in [0.2, 0.25) is 0 Å². The number of benzene rings is 1. The van der Waals surface area contributed by atoms with E-state index in [1.165, 1.54) is 7.05 Å². The van der Waals surface area contributed by atoms with E-state index in [9.17, 15) is 29.1 Å². The molecule has 6 atom stereocenters. The number of rotatable bonds is 5. The van der Waals surface area contributed by atoms with Gasteiger partial charge in [0.05, 0.1) is 11.8 Å². The molecule has 0 unspecified atom stereocenters. The number of imide groups is 2. The van der Waals surface area contributed by atoms with Crippen molar-refractivity contribution in [3.05, 3.63) is 41.0 Å². The molecule has 0 spiro atoms. The summed E-state index contributed by atoms with van der Waals surface area (Å²) in [4.78, 5) is 62.7. The van der Waals surface area contributed by atoms with Crippen LogP contribution in [0.15, 0.2) is 29.8 Å². The van der Waals surface area contributed by atoms with Crippen LogP contribution in [0.3, 0.4) is 0 Å². The lowest BCUT2D eigenvalue weighted by Crippen LogP contribution is -2.60. The number of aromatic hydroxyl groups is 1. The van der Waals surface area contributed by atoms with Gasteiger partial charge in [0.2, 0.25) is 11.8 Å². The van der Waals surface area contributed by atoms with Crippen LogP contribution in [0.1, 0.15) is 42.7 Å². The van der Waals surface area contributed by atoms with Crippen molar-refractivity contribution < 1.29 is 34.2 Å². The van der Waals surface area contributed by atoms with Crippen molar-refractivity contribution >= 4 is 52.8 Å². The van der Waals surface area contributed by atoms with Gasteiger partial charge >= 0.3 is 5.97 Å². The number of nitrogens with zero attached hydrogens (tertiary/aromatic N) is 2. The second kappa shape index (κ2) is 8.56. The molecule has 2 aliphatic carbocycles. The number of fused-ring (bicyclic) bond motifs is 4. The summed E-state index contributed by atoms with van der Waals surface area (Å²) in [6.07, 6.45) is 1.81. The maximum Gasteiger partial charge on any atom is 0.303 e. The minimum Gasteiger partial charge on any atom is -0.507 e. The number of aryl methyl sites for hydroxylation is 1. The number of para-hydroxylation sites is 1. The van der Waals surface area contributed by atoms with Crippen LogP contribution in [0.4, 0.5) is 0 Å². The number of likely N-dealkylation sites (tertiary alicyclic amines) is 2. The average Bonchev–Trinajstić information content (AvgIpc) is 3.16. The zero-order valence-electron chi connectivity index (χ0n) is 20.2. The number of amides is 4. The third kappa shape index (κ3) is 3.32. The lowest BCUT2D eigenvalue weighted by molar-refractivity contribution is -0.142. The highest BCUT2D eigenvalue weighted by Gasteiger charge is 2.76. The minimum absolute atomic E-state index is 0.0211. The Balaban J connectivity index is 1.64. The number of halogens is 2. The van der Waals surface area contributed by atoms with Crippen LogP contribution < -0.4 is 0 Å². The highest BCUT2D eigenvalue weighted by atomic mass is 35.5. The standard InChI is InChI=1S/C26H26Cl2N2O7/c1-12-5-3-6-15(20(12)33)19-13-8-9-14-18(22(35)30(21(14)34)10-4-7-17(31)32)16(13)11-25(27)23(36)29(2)24(37)26(19,25)28/h3,5-6,8,14,16,18-19,33H,4,7,9-11H2,1-2H3,(H,31,32)/t14-,16+,18-,19+,25+,26-/m0/s1. The van der Waals surface area contributed by atoms with Gasteiger partial charge in [-0.05, 0) is 37.7 Å². The molecule has 0 aromatic heterocycles. The van der Waals surface area contributed by atoms with E-state index in [1.807, 2.05) is 0 Å². The first-order valence-corrected chi connectivity index (χ1v) is 12.9. The smallest absolute Gasteiger partial charge is 0.303 e. The van der Waals surface area contributed by atoms with E-state index in [0.717, 1.165) is 9.80 Å². The molecule has 0 radical (unpaired) electrons. The van der Waals surface area contributed by atoms with Gasteiger partial charge in [-0.1, -0.05) is 29.8 Å². The molecule has 1 aromatic carbocycles. The van der Waals surface area contributed by atoms with Gasteiger partial charge in [-0.3, -0.25) is 33.8 Å². The highest BCUT2D eigenvalue weighted by Crippen LogP contribution is 2.66. The number of carbonyl (C=O) groups excluding carboxylic acids is 4. The summed E-state index contributed by atoms with van der Waals surface area (Å²) >= 11 is 14.1. The summed E-state index contributed by atoms with van der Waals surface area (Å²) in [5.74, 6) is -6.55. The molecular weight excluding hydrogens is 523 g/mol. The molecule has 4 aliphatic rings. The zero-order valence-corrected chi connectivity index (χ0v) is 21.8. The van der Waals surface area contributed by atoms with Crippen molar-refractivity contribution in [3.8, 4) is 5.75 Å². The number of carbonyl (C=O) groups is 5. The summed E-state index contributed by atoms with van der Waals surface area (Å²) in [6, 6.07) is 5.02. The number of aliphatic carboxylic acids is 1. The van der Waals surface area contributed by atoms with E-state index in [-0.39, 0.29) is 43.9 Å². The number of phenols is 1. The Labute approximate surface area is 223 Å². The third-order valence-electron chi connectivity index (χ3n) is 8.46. The molecule has 11 heteroatoms. The number of hydrogen-bond acceptors (Lipinski definition) is 6. The van der Waals surface area contributed by atoms with Gasteiger partial charge in [0.1, 0.15) is 5.75 Å². The predicted molar refractivity (Wildman–Crippen MR) is 132 cm³/mol. The Morgan fingerprint density at radius 1 is 1.11 bits per heavy atom. The number of carboxylic acid groups (broad SMARTS) is 1. The Morgan fingerprint density at radius 2 is 1.81 bits per heavy atom. The SMILES string of the molecule is Cc1cccc([C@H]2C3=CC[C@@H]4C(=O)N(CCCC(=O)O)C(=O)[C@@H]4[C@@H]3C[C@@]3(Cl)C(=O)N(C)C(=O)[C@@]23Cl)c1O. The Morgan fingerprint density at radius 3 is 2.49 bits per heavy atom. The molecule has 5 rings (SSSR count). The van der Waals surface area contributed by atoms with Crippen LogP contribution in [0.5, 0.6) is 5.75 Å². The van der Waals surface area contributed by atoms with Gasteiger partial charge in [0.25, 0.3) is 11.8 Å². The largest absolute Gasteiger partial charge is 0.507 e. The number of phenolic OH excluding ortho intramolecular Hbond substituents is 1. The van der Waals surface area contributed by atoms with Crippen LogP contribution >= 0.6 is 23.2 Å². The first-order chi connectivity index (χ1) is 17.4. The van der Waals surface area contributed by atoms with Gasteiger partial charge in [-0.2, -0.15) is 0 Å².